The van der Waals surface area contributed by atoms with Gasteiger partial charge in [0.1, 0.15) is 16.8 Å². The van der Waals surface area contributed by atoms with Crippen molar-refractivity contribution in [2.45, 2.75) is 52.4 Å². The second-order valence-electron chi connectivity index (χ2n) is 5.83. The molecule has 4 nitrogen and oxygen atoms in total. The fourth-order valence-corrected chi connectivity index (χ4v) is 3.01. The van der Waals surface area contributed by atoms with E-state index in [1.54, 1.807) is 0 Å². The van der Waals surface area contributed by atoms with Crippen molar-refractivity contribution in [2.24, 2.45) is 5.41 Å². The summed E-state index contributed by atoms with van der Waals surface area (Å²) in [4.78, 5) is 8.76. The zero-order valence-corrected chi connectivity index (χ0v) is 13.1. The van der Waals surface area contributed by atoms with Crippen LogP contribution in [0, 0.1) is 12.3 Å². The lowest BCUT2D eigenvalue weighted by atomic mass is 9.74. The summed E-state index contributed by atoms with van der Waals surface area (Å²) in [5, 5.41) is 13.7. The third-order valence-corrected chi connectivity index (χ3v) is 4.70. The number of hydrogen-bond donors (Lipinski definition) is 2. The van der Waals surface area contributed by atoms with Crippen LogP contribution in [0.15, 0.2) is 0 Å². The lowest BCUT2D eigenvalue weighted by molar-refractivity contribution is 0.0943. The average Bonchev–Trinajstić information content (AvgIpc) is 2.49. The topological polar surface area (TPSA) is 58.0 Å². The molecule has 20 heavy (non-hydrogen) atoms. The smallest absolute Gasteiger partial charge is 0.137 e. The summed E-state index contributed by atoms with van der Waals surface area (Å²) in [5.41, 5.74) is 0.877. The molecular formula is C15H24ClN3O. The molecule has 0 atom stereocenters. The predicted molar refractivity (Wildman–Crippen MR) is 82.3 cm³/mol. The van der Waals surface area contributed by atoms with Gasteiger partial charge in [0.15, 0.2) is 0 Å². The molecule has 0 unspecified atom stereocenters. The summed E-state index contributed by atoms with van der Waals surface area (Å²) < 4.78 is 0. The van der Waals surface area contributed by atoms with Crippen molar-refractivity contribution in [1.29, 1.82) is 0 Å². The molecule has 0 spiro atoms. The van der Waals surface area contributed by atoms with Gasteiger partial charge in [-0.05, 0) is 19.8 Å². The van der Waals surface area contributed by atoms with E-state index in [1.165, 1.54) is 19.3 Å². The Morgan fingerprint density at radius 2 is 1.95 bits per heavy atom. The Bertz CT molecular complexity index is 459. The molecule has 1 aromatic rings. The summed E-state index contributed by atoms with van der Waals surface area (Å²) in [6.45, 7) is 4.93. The molecule has 5 heteroatoms. The van der Waals surface area contributed by atoms with E-state index < -0.39 is 0 Å². The second kappa shape index (κ2) is 6.72. The SMILES string of the molecule is CCc1nc(Cl)c(C)c(NCC2(CO)CCCCC2)n1. The monoisotopic (exact) mass is 297 g/mol. The van der Waals surface area contributed by atoms with Gasteiger partial charge in [0.2, 0.25) is 0 Å². The van der Waals surface area contributed by atoms with Gasteiger partial charge in [-0.2, -0.15) is 0 Å². The van der Waals surface area contributed by atoms with Crippen LogP contribution in [0.2, 0.25) is 5.15 Å². The first-order valence-electron chi connectivity index (χ1n) is 7.48. The molecule has 2 rings (SSSR count). The van der Waals surface area contributed by atoms with Crippen molar-refractivity contribution in [3.05, 3.63) is 16.5 Å². The molecule has 1 saturated carbocycles. The standard InChI is InChI=1S/C15H24ClN3O/c1-3-12-18-13(16)11(2)14(19-12)17-9-15(10-20)7-5-4-6-8-15/h20H,3-10H2,1-2H3,(H,17,18,19). The Morgan fingerprint density at radius 1 is 1.25 bits per heavy atom. The van der Waals surface area contributed by atoms with E-state index in [9.17, 15) is 5.11 Å². The minimum absolute atomic E-state index is 0.00546. The normalized spacial score (nSPS) is 18.0. The Balaban J connectivity index is 2.11. The third kappa shape index (κ3) is 3.41. The van der Waals surface area contributed by atoms with Crippen molar-refractivity contribution in [1.82, 2.24) is 9.97 Å². The largest absolute Gasteiger partial charge is 0.396 e. The summed E-state index contributed by atoms with van der Waals surface area (Å²) in [5.74, 6) is 1.56. The Kier molecular flexibility index (Phi) is 5.22. The lowest BCUT2D eigenvalue weighted by Gasteiger charge is -2.36. The highest BCUT2D eigenvalue weighted by molar-refractivity contribution is 6.30. The summed E-state index contributed by atoms with van der Waals surface area (Å²) >= 11 is 6.15. The van der Waals surface area contributed by atoms with Gasteiger partial charge in [0.05, 0.1) is 6.61 Å². The van der Waals surface area contributed by atoms with E-state index >= 15 is 0 Å². The minimum Gasteiger partial charge on any atom is -0.396 e. The molecule has 0 bridgehead atoms. The van der Waals surface area contributed by atoms with Gasteiger partial charge in [-0.3, -0.25) is 0 Å². The van der Waals surface area contributed by atoms with E-state index in [0.717, 1.165) is 43.0 Å². The van der Waals surface area contributed by atoms with Crippen LogP contribution in [0.25, 0.3) is 0 Å². The summed E-state index contributed by atoms with van der Waals surface area (Å²) in [6.07, 6.45) is 6.60. The van der Waals surface area contributed by atoms with Gasteiger partial charge >= 0.3 is 0 Å². The molecule has 0 aliphatic heterocycles. The zero-order valence-electron chi connectivity index (χ0n) is 12.4. The van der Waals surface area contributed by atoms with Crippen LogP contribution in [0.3, 0.4) is 0 Å². The molecular weight excluding hydrogens is 274 g/mol. The molecule has 1 aliphatic carbocycles. The highest BCUT2D eigenvalue weighted by Gasteiger charge is 2.31. The number of aliphatic hydroxyl groups is 1. The zero-order chi connectivity index (χ0) is 14.6. The van der Waals surface area contributed by atoms with E-state index in [0.29, 0.717) is 5.15 Å². The van der Waals surface area contributed by atoms with Crippen molar-refractivity contribution in [3.63, 3.8) is 0 Å². The van der Waals surface area contributed by atoms with Crippen LogP contribution in [-0.4, -0.2) is 28.2 Å². The van der Waals surface area contributed by atoms with Crippen molar-refractivity contribution in [2.75, 3.05) is 18.5 Å². The molecule has 0 aromatic carbocycles. The number of aromatic nitrogens is 2. The first kappa shape index (κ1) is 15.5. The molecule has 112 valence electrons. The first-order chi connectivity index (χ1) is 9.60. The maximum absolute atomic E-state index is 9.75. The number of anilines is 1. The van der Waals surface area contributed by atoms with E-state index in [2.05, 4.69) is 15.3 Å². The fourth-order valence-electron chi connectivity index (χ4n) is 2.83. The van der Waals surface area contributed by atoms with Gasteiger partial charge in [-0.1, -0.05) is 37.8 Å². The fraction of sp³-hybridized carbons (Fsp3) is 0.733. The van der Waals surface area contributed by atoms with E-state index in [4.69, 9.17) is 11.6 Å². The van der Waals surface area contributed by atoms with Crippen LogP contribution in [-0.2, 0) is 6.42 Å². The van der Waals surface area contributed by atoms with E-state index in [-0.39, 0.29) is 12.0 Å². The molecule has 0 radical (unpaired) electrons. The van der Waals surface area contributed by atoms with Gasteiger partial charge in [-0.25, -0.2) is 9.97 Å². The second-order valence-corrected chi connectivity index (χ2v) is 6.19. The van der Waals surface area contributed by atoms with Crippen LogP contribution >= 0.6 is 11.6 Å². The minimum atomic E-state index is -0.00546. The van der Waals surface area contributed by atoms with Gasteiger partial charge in [0, 0.05) is 23.9 Å². The maximum atomic E-state index is 9.75. The number of hydrogen-bond acceptors (Lipinski definition) is 4. The third-order valence-electron chi connectivity index (χ3n) is 4.33. The highest BCUT2D eigenvalue weighted by Crippen LogP contribution is 2.36. The number of aliphatic hydroxyl groups excluding tert-OH is 1. The molecule has 1 aliphatic rings. The van der Waals surface area contributed by atoms with Crippen LogP contribution in [0.4, 0.5) is 5.82 Å². The lowest BCUT2D eigenvalue weighted by Crippen LogP contribution is -2.36. The predicted octanol–water partition coefficient (Wildman–Crippen LogP) is 3.36. The van der Waals surface area contributed by atoms with E-state index in [1.807, 2.05) is 13.8 Å². The van der Waals surface area contributed by atoms with Gasteiger partial charge in [-0.15, -0.1) is 0 Å². The summed E-state index contributed by atoms with van der Waals surface area (Å²) in [6, 6.07) is 0. The number of aryl methyl sites for hydroxylation is 1. The molecule has 1 fully saturated rings. The van der Waals surface area contributed by atoms with Crippen molar-refractivity contribution >= 4 is 17.4 Å². The maximum Gasteiger partial charge on any atom is 0.137 e. The van der Waals surface area contributed by atoms with Crippen molar-refractivity contribution in [3.8, 4) is 0 Å². The molecule has 0 saturated heterocycles. The van der Waals surface area contributed by atoms with Gasteiger partial charge in [0.25, 0.3) is 0 Å². The Labute approximate surface area is 126 Å². The number of nitrogens with zero attached hydrogens (tertiary/aromatic N) is 2. The molecule has 2 N–H and O–H groups in total. The molecule has 1 heterocycles. The van der Waals surface area contributed by atoms with Crippen LogP contribution in [0.1, 0.15) is 50.4 Å². The highest BCUT2D eigenvalue weighted by atomic mass is 35.5. The number of rotatable bonds is 5. The average molecular weight is 298 g/mol. The molecule has 1 aromatic heterocycles. The summed E-state index contributed by atoms with van der Waals surface area (Å²) in [7, 11) is 0. The number of halogens is 1. The Hall–Kier alpha value is -0.870. The van der Waals surface area contributed by atoms with Crippen LogP contribution in [0.5, 0.6) is 0 Å². The first-order valence-corrected chi connectivity index (χ1v) is 7.86. The van der Waals surface area contributed by atoms with Crippen molar-refractivity contribution < 1.29 is 5.11 Å². The Morgan fingerprint density at radius 3 is 2.55 bits per heavy atom. The molecule has 0 amide bonds. The number of nitrogens with one attached hydrogen (secondary N) is 1. The quantitative estimate of drug-likeness (QED) is 0.818. The van der Waals surface area contributed by atoms with Crippen LogP contribution < -0.4 is 5.32 Å². The van der Waals surface area contributed by atoms with Gasteiger partial charge < -0.3 is 10.4 Å².